The SMILES string of the molecule is COc1c(C)c(F)cc(CC2(O)CC2)c1C. The van der Waals surface area contributed by atoms with E-state index in [1.807, 2.05) is 6.92 Å². The van der Waals surface area contributed by atoms with Gasteiger partial charge in [-0.15, -0.1) is 0 Å². The Morgan fingerprint density at radius 2 is 2.00 bits per heavy atom. The normalized spacial score (nSPS) is 17.3. The van der Waals surface area contributed by atoms with E-state index in [0.29, 0.717) is 17.7 Å². The predicted octanol–water partition coefficient (Wildman–Crippen LogP) is 2.52. The van der Waals surface area contributed by atoms with Crippen molar-refractivity contribution in [2.75, 3.05) is 7.11 Å². The van der Waals surface area contributed by atoms with Gasteiger partial charge in [-0.3, -0.25) is 0 Å². The van der Waals surface area contributed by atoms with Gasteiger partial charge >= 0.3 is 0 Å². The summed E-state index contributed by atoms with van der Waals surface area (Å²) < 4.78 is 18.9. The van der Waals surface area contributed by atoms with Crippen molar-refractivity contribution in [3.05, 3.63) is 28.6 Å². The van der Waals surface area contributed by atoms with Gasteiger partial charge in [-0.2, -0.15) is 0 Å². The average Bonchev–Trinajstić information content (AvgIpc) is 2.94. The molecule has 0 aliphatic heterocycles. The Kier molecular flexibility index (Phi) is 2.66. The fourth-order valence-corrected chi connectivity index (χ4v) is 2.07. The highest BCUT2D eigenvalue weighted by atomic mass is 19.1. The molecule has 16 heavy (non-hydrogen) atoms. The first-order valence-electron chi connectivity index (χ1n) is 5.52. The van der Waals surface area contributed by atoms with E-state index in [-0.39, 0.29) is 5.82 Å². The molecular formula is C13H17FO2. The Labute approximate surface area is 95.1 Å². The Morgan fingerprint density at radius 3 is 2.50 bits per heavy atom. The van der Waals surface area contributed by atoms with Gasteiger partial charge in [-0.05, 0) is 43.9 Å². The average molecular weight is 224 g/mol. The number of benzene rings is 1. The summed E-state index contributed by atoms with van der Waals surface area (Å²) in [7, 11) is 1.55. The molecule has 3 heteroatoms. The molecule has 2 rings (SSSR count). The number of aliphatic hydroxyl groups is 1. The zero-order valence-electron chi connectivity index (χ0n) is 9.93. The molecule has 1 aromatic rings. The first-order valence-corrected chi connectivity index (χ1v) is 5.52. The maximum atomic E-state index is 13.6. The van der Waals surface area contributed by atoms with Gasteiger partial charge in [-0.1, -0.05) is 0 Å². The third-order valence-electron chi connectivity index (χ3n) is 3.37. The Balaban J connectivity index is 2.41. The van der Waals surface area contributed by atoms with Gasteiger partial charge in [0.2, 0.25) is 0 Å². The largest absolute Gasteiger partial charge is 0.496 e. The zero-order valence-corrected chi connectivity index (χ0v) is 9.93. The third kappa shape index (κ3) is 1.92. The standard InChI is InChI=1S/C13H17FO2/c1-8-10(7-13(15)4-5-13)6-11(14)9(2)12(8)16-3/h6,15H,4-5,7H2,1-3H3. The lowest BCUT2D eigenvalue weighted by Crippen LogP contribution is -2.13. The second-order valence-corrected chi connectivity index (χ2v) is 4.70. The second-order valence-electron chi connectivity index (χ2n) is 4.70. The van der Waals surface area contributed by atoms with E-state index >= 15 is 0 Å². The second kappa shape index (κ2) is 3.74. The predicted molar refractivity (Wildman–Crippen MR) is 60.3 cm³/mol. The van der Waals surface area contributed by atoms with Crippen LogP contribution in [0.2, 0.25) is 0 Å². The van der Waals surface area contributed by atoms with Crippen LogP contribution in [0, 0.1) is 19.7 Å². The van der Waals surface area contributed by atoms with Gasteiger partial charge in [-0.25, -0.2) is 4.39 Å². The first kappa shape index (κ1) is 11.4. The van der Waals surface area contributed by atoms with Gasteiger partial charge in [0.05, 0.1) is 12.7 Å². The highest BCUT2D eigenvalue weighted by Gasteiger charge is 2.40. The molecule has 1 saturated carbocycles. The van der Waals surface area contributed by atoms with Crippen LogP contribution >= 0.6 is 0 Å². The quantitative estimate of drug-likeness (QED) is 0.854. The van der Waals surface area contributed by atoms with Crippen LogP contribution in [0.25, 0.3) is 0 Å². The molecule has 88 valence electrons. The van der Waals surface area contributed by atoms with Crippen LogP contribution in [0.5, 0.6) is 5.75 Å². The molecule has 0 unspecified atom stereocenters. The summed E-state index contributed by atoms with van der Waals surface area (Å²) in [6.45, 7) is 3.61. The summed E-state index contributed by atoms with van der Waals surface area (Å²) >= 11 is 0. The Morgan fingerprint density at radius 1 is 1.38 bits per heavy atom. The first-order chi connectivity index (χ1) is 7.47. The molecule has 0 atom stereocenters. The van der Waals surface area contributed by atoms with Gasteiger partial charge in [0.1, 0.15) is 11.6 Å². The number of halogens is 1. The van der Waals surface area contributed by atoms with Gasteiger partial charge in [0.25, 0.3) is 0 Å². The number of rotatable bonds is 3. The van der Waals surface area contributed by atoms with Gasteiger partial charge in [0, 0.05) is 12.0 Å². The molecule has 2 nitrogen and oxygen atoms in total. The minimum atomic E-state index is -0.600. The van der Waals surface area contributed by atoms with Crippen LogP contribution in [0.15, 0.2) is 6.07 Å². The maximum Gasteiger partial charge on any atom is 0.130 e. The molecular weight excluding hydrogens is 207 g/mol. The molecule has 0 bridgehead atoms. The maximum absolute atomic E-state index is 13.6. The highest BCUT2D eigenvalue weighted by Crippen LogP contribution is 2.40. The molecule has 1 aliphatic carbocycles. The molecule has 0 radical (unpaired) electrons. The van der Waals surface area contributed by atoms with Gasteiger partial charge < -0.3 is 9.84 Å². The van der Waals surface area contributed by atoms with E-state index in [1.165, 1.54) is 6.07 Å². The molecule has 0 saturated heterocycles. The Hall–Kier alpha value is -1.09. The number of hydrogen-bond acceptors (Lipinski definition) is 2. The summed E-state index contributed by atoms with van der Waals surface area (Å²) in [6, 6.07) is 1.52. The summed E-state index contributed by atoms with van der Waals surface area (Å²) in [5.74, 6) is 0.334. The third-order valence-corrected chi connectivity index (χ3v) is 3.37. The van der Waals surface area contributed by atoms with Crippen LogP contribution < -0.4 is 4.74 Å². The van der Waals surface area contributed by atoms with Crippen molar-refractivity contribution in [3.8, 4) is 5.75 Å². The molecule has 1 aromatic carbocycles. The van der Waals surface area contributed by atoms with Crippen LogP contribution in [-0.2, 0) is 6.42 Å². The van der Waals surface area contributed by atoms with Gasteiger partial charge in [0.15, 0.2) is 0 Å². The molecule has 0 spiro atoms. The smallest absolute Gasteiger partial charge is 0.130 e. The van der Waals surface area contributed by atoms with E-state index in [0.717, 1.165) is 24.0 Å². The Bertz CT molecular complexity index is 422. The monoisotopic (exact) mass is 224 g/mol. The zero-order chi connectivity index (χ0) is 11.9. The topological polar surface area (TPSA) is 29.5 Å². The fourth-order valence-electron chi connectivity index (χ4n) is 2.07. The number of ether oxygens (including phenoxy) is 1. The minimum absolute atomic E-state index is 0.262. The van der Waals surface area contributed by atoms with E-state index < -0.39 is 5.60 Å². The lowest BCUT2D eigenvalue weighted by atomic mass is 9.97. The lowest BCUT2D eigenvalue weighted by molar-refractivity contribution is 0.150. The molecule has 1 N–H and O–H groups in total. The number of hydrogen-bond donors (Lipinski definition) is 1. The summed E-state index contributed by atoms with van der Waals surface area (Å²) in [5.41, 5.74) is 1.71. The molecule has 1 fully saturated rings. The molecule has 0 aromatic heterocycles. The van der Waals surface area contributed by atoms with Crippen molar-refractivity contribution >= 4 is 0 Å². The summed E-state index contributed by atoms with van der Waals surface area (Å²) in [6.07, 6.45) is 2.14. The molecule has 0 amide bonds. The van der Waals surface area contributed by atoms with E-state index in [1.54, 1.807) is 14.0 Å². The summed E-state index contributed by atoms with van der Waals surface area (Å²) in [4.78, 5) is 0. The van der Waals surface area contributed by atoms with Crippen LogP contribution in [0.1, 0.15) is 29.5 Å². The van der Waals surface area contributed by atoms with Crippen molar-refractivity contribution in [1.29, 1.82) is 0 Å². The van der Waals surface area contributed by atoms with E-state index in [9.17, 15) is 9.50 Å². The van der Waals surface area contributed by atoms with Crippen molar-refractivity contribution in [2.24, 2.45) is 0 Å². The van der Waals surface area contributed by atoms with E-state index in [4.69, 9.17) is 4.74 Å². The van der Waals surface area contributed by atoms with Crippen molar-refractivity contribution in [1.82, 2.24) is 0 Å². The highest BCUT2D eigenvalue weighted by molar-refractivity contribution is 5.46. The van der Waals surface area contributed by atoms with E-state index in [2.05, 4.69) is 0 Å². The molecule has 0 heterocycles. The van der Waals surface area contributed by atoms with Crippen LogP contribution in [-0.4, -0.2) is 17.8 Å². The number of methoxy groups -OCH3 is 1. The minimum Gasteiger partial charge on any atom is -0.496 e. The lowest BCUT2D eigenvalue weighted by Gasteiger charge is -2.16. The molecule has 1 aliphatic rings. The van der Waals surface area contributed by atoms with Crippen molar-refractivity contribution in [3.63, 3.8) is 0 Å². The van der Waals surface area contributed by atoms with Crippen molar-refractivity contribution < 1.29 is 14.2 Å². The van der Waals surface area contributed by atoms with Crippen LogP contribution in [0.3, 0.4) is 0 Å². The van der Waals surface area contributed by atoms with Crippen molar-refractivity contribution in [2.45, 2.75) is 38.7 Å². The summed E-state index contributed by atoms with van der Waals surface area (Å²) in [5, 5.41) is 9.87. The van der Waals surface area contributed by atoms with Crippen LogP contribution in [0.4, 0.5) is 4.39 Å². The fraction of sp³-hybridized carbons (Fsp3) is 0.538.